The Kier molecular flexibility index (Phi) is 6.67. The fourth-order valence-electron chi connectivity index (χ4n) is 2.07. The van der Waals surface area contributed by atoms with Gasteiger partial charge in [-0.05, 0) is 30.2 Å². The lowest BCUT2D eigenvalue weighted by Crippen LogP contribution is -2.45. The summed E-state index contributed by atoms with van der Waals surface area (Å²) >= 11 is 1.55. The molecule has 2 unspecified atom stereocenters. The smallest absolute Gasteiger partial charge is 0.320 e. The highest BCUT2D eigenvalue weighted by molar-refractivity contribution is 7.09. The van der Waals surface area contributed by atoms with E-state index in [2.05, 4.69) is 5.32 Å². The lowest BCUT2D eigenvalue weighted by molar-refractivity contribution is -0.142. The highest BCUT2D eigenvalue weighted by atomic mass is 32.1. The number of hydrogen-bond donors (Lipinski definition) is 3. The largest absolute Gasteiger partial charge is 0.481 e. The molecule has 0 aliphatic carbocycles. The number of carboxylic acid groups (broad SMARTS) is 2. The molecule has 5 nitrogen and oxygen atoms in total. The molecule has 0 radical (unpaired) electrons. The Balaban J connectivity index is 2.70. The molecule has 0 aliphatic rings. The van der Waals surface area contributed by atoms with Crippen LogP contribution in [-0.2, 0) is 16.0 Å². The molecule has 1 rings (SSSR count). The molecule has 0 aromatic carbocycles. The molecule has 0 bridgehead atoms. The molecule has 0 saturated carbocycles. The Morgan fingerprint density at radius 3 is 2.50 bits per heavy atom. The topological polar surface area (TPSA) is 86.6 Å². The number of rotatable bonds is 9. The van der Waals surface area contributed by atoms with E-state index in [9.17, 15) is 14.7 Å². The number of carboxylic acids is 2. The summed E-state index contributed by atoms with van der Waals surface area (Å²) in [5, 5.41) is 23.1. The number of nitrogens with one attached hydrogen (secondary N) is 1. The normalized spacial score (nSPS) is 14.2. The molecular formula is C14H21NO4S. The first kappa shape index (κ1) is 16.7. The second-order valence-electron chi connectivity index (χ2n) is 5.27. The van der Waals surface area contributed by atoms with Crippen molar-refractivity contribution in [2.45, 2.75) is 45.2 Å². The van der Waals surface area contributed by atoms with Gasteiger partial charge in [-0.2, -0.15) is 0 Å². The molecule has 3 N–H and O–H groups in total. The fraction of sp³-hybridized carbons (Fsp3) is 0.571. The van der Waals surface area contributed by atoms with Crippen molar-refractivity contribution in [1.82, 2.24) is 5.32 Å². The third-order valence-corrected chi connectivity index (χ3v) is 3.79. The molecule has 2 atom stereocenters. The van der Waals surface area contributed by atoms with E-state index in [0.717, 1.165) is 4.88 Å². The Morgan fingerprint density at radius 1 is 1.35 bits per heavy atom. The quantitative estimate of drug-likeness (QED) is 0.651. The maximum absolute atomic E-state index is 11.3. The minimum absolute atomic E-state index is 0.0836. The van der Waals surface area contributed by atoms with Gasteiger partial charge in [-0.25, -0.2) is 0 Å². The van der Waals surface area contributed by atoms with Crippen molar-refractivity contribution >= 4 is 23.3 Å². The van der Waals surface area contributed by atoms with Crippen LogP contribution in [0.5, 0.6) is 0 Å². The Bertz CT molecular complexity index is 430. The monoisotopic (exact) mass is 299 g/mol. The average Bonchev–Trinajstić information content (AvgIpc) is 2.79. The van der Waals surface area contributed by atoms with E-state index in [4.69, 9.17) is 5.11 Å². The summed E-state index contributed by atoms with van der Waals surface area (Å²) in [6.45, 7) is 3.90. The molecular weight excluding hydrogens is 278 g/mol. The van der Waals surface area contributed by atoms with Crippen LogP contribution in [0.1, 0.15) is 31.6 Å². The lowest BCUT2D eigenvalue weighted by atomic mass is 10.0. The van der Waals surface area contributed by atoms with Gasteiger partial charge in [0.2, 0.25) is 0 Å². The van der Waals surface area contributed by atoms with Gasteiger partial charge in [0.05, 0.1) is 6.42 Å². The molecule has 0 amide bonds. The van der Waals surface area contributed by atoms with Crippen LogP contribution in [0.2, 0.25) is 0 Å². The van der Waals surface area contributed by atoms with Crippen LogP contribution in [0.25, 0.3) is 0 Å². The number of hydrogen-bond acceptors (Lipinski definition) is 4. The Hall–Kier alpha value is -1.40. The van der Waals surface area contributed by atoms with Crippen LogP contribution >= 0.6 is 11.3 Å². The highest BCUT2D eigenvalue weighted by Crippen LogP contribution is 2.14. The highest BCUT2D eigenvalue weighted by Gasteiger charge is 2.24. The number of thiophene rings is 1. The van der Waals surface area contributed by atoms with Crippen molar-refractivity contribution in [1.29, 1.82) is 0 Å². The molecule has 112 valence electrons. The fourth-order valence-corrected chi connectivity index (χ4v) is 2.85. The minimum atomic E-state index is -0.930. The predicted octanol–water partition coefficient (Wildman–Crippen LogP) is 2.22. The Morgan fingerprint density at radius 2 is 2.05 bits per heavy atom. The molecule has 0 fully saturated rings. The lowest BCUT2D eigenvalue weighted by Gasteiger charge is -2.23. The average molecular weight is 299 g/mol. The second kappa shape index (κ2) is 8.01. The summed E-state index contributed by atoms with van der Waals surface area (Å²) in [7, 11) is 0. The van der Waals surface area contributed by atoms with Crippen LogP contribution in [0, 0.1) is 5.92 Å². The van der Waals surface area contributed by atoms with E-state index in [1.165, 1.54) is 0 Å². The van der Waals surface area contributed by atoms with E-state index in [0.29, 0.717) is 12.8 Å². The van der Waals surface area contributed by atoms with Crippen LogP contribution in [0.4, 0.5) is 0 Å². The van der Waals surface area contributed by atoms with Crippen LogP contribution < -0.4 is 5.32 Å². The van der Waals surface area contributed by atoms with Crippen molar-refractivity contribution in [3.8, 4) is 0 Å². The van der Waals surface area contributed by atoms with E-state index in [1.54, 1.807) is 11.3 Å². The third-order valence-electron chi connectivity index (χ3n) is 2.89. The van der Waals surface area contributed by atoms with Gasteiger partial charge in [-0.15, -0.1) is 11.3 Å². The zero-order valence-corrected chi connectivity index (χ0v) is 12.5. The van der Waals surface area contributed by atoms with Gasteiger partial charge in [0.25, 0.3) is 0 Å². The summed E-state index contributed by atoms with van der Waals surface area (Å²) < 4.78 is 0. The SMILES string of the molecule is CC(C)CC(NC(CC(=O)O)Cc1cccs1)C(=O)O. The summed E-state index contributed by atoms with van der Waals surface area (Å²) in [5.41, 5.74) is 0. The second-order valence-corrected chi connectivity index (χ2v) is 6.30. The van der Waals surface area contributed by atoms with E-state index >= 15 is 0 Å². The molecule has 1 aromatic heterocycles. The van der Waals surface area contributed by atoms with Gasteiger partial charge in [0.15, 0.2) is 0 Å². The molecule has 6 heteroatoms. The first-order chi connectivity index (χ1) is 9.38. The van der Waals surface area contributed by atoms with Gasteiger partial charge >= 0.3 is 11.9 Å². The molecule has 1 aromatic rings. The first-order valence-corrected chi connectivity index (χ1v) is 7.49. The number of carbonyl (C=O) groups is 2. The molecule has 20 heavy (non-hydrogen) atoms. The first-order valence-electron chi connectivity index (χ1n) is 6.61. The maximum Gasteiger partial charge on any atom is 0.320 e. The Labute approximate surface area is 122 Å². The summed E-state index contributed by atoms with van der Waals surface area (Å²) in [4.78, 5) is 23.2. The van der Waals surface area contributed by atoms with Gasteiger partial charge < -0.3 is 15.5 Å². The molecule has 0 saturated heterocycles. The van der Waals surface area contributed by atoms with E-state index in [-0.39, 0.29) is 18.4 Å². The summed E-state index contributed by atoms with van der Waals surface area (Å²) in [5.74, 6) is -1.62. The van der Waals surface area contributed by atoms with Crippen molar-refractivity contribution in [3.05, 3.63) is 22.4 Å². The predicted molar refractivity (Wildman–Crippen MR) is 78.1 cm³/mol. The van der Waals surface area contributed by atoms with Crippen LogP contribution in [0.3, 0.4) is 0 Å². The maximum atomic E-state index is 11.3. The van der Waals surface area contributed by atoms with Gasteiger partial charge in [-0.3, -0.25) is 9.59 Å². The van der Waals surface area contributed by atoms with Crippen molar-refractivity contribution < 1.29 is 19.8 Å². The minimum Gasteiger partial charge on any atom is -0.481 e. The molecule has 0 aliphatic heterocycles. The summed E-state index contributed by atoms with van der Waals surface area (Å²) in [6, 6.07) is 2.75. The molecule has 0 spiro atoms. The van der Waals surface area contributed by atoms with Crippen molar-refractivity contribution in [3.63, 3.8) is 0 Å². The van der Waals surface area contributed by atoms with Gasteiger partial charge in [-0.1, -0.05) is 19.9 Å². The zero-order chi connectivity index (χ0) is 15.1. The van der Waals surface area contributed by atoms with E-state index in [1.807, 2.05) is 31.4 Å². The van der Waals surface area contributed by atoms with E-state index < -0.39 is 18.0 Å². The summed E-state index contributed by atoms with van der Waals surface area (Å²) in [6.07, 6.45) is 0.932. The standard InChI is InChI=1S/C14H21NO4S/c1-9(2)6-12(14(18)19)15-10(8-13(16)17)7-11-4-3-5-20-11/h3-5,9-10,12,15H,6-8H2,1-2H3,(H,16,17)(H,18,19). The van der Waals surface area contributed by atoms with Gasteiger partial charge in [0.1, 0.15) is 6.04 Å². The van der Waals surface area contributed by atoms with Crippen molar-refractivity contribution in [2.75, 3.05) is 0 Å². The van der Waals surface area contributed by atoms with Crippen molar-refractivity contribution in [2.24, 2.45) is 5.92 Å². The molecule has 1 heterocycles. The van der Waals surface area contributed by atoms with Crippen LogP contribution in [0.15, 0.2) is 17.5 Å². The number of aliphatic carboxylic acids is 2. The zero-order valence-electron chi connectivity index (χ0n) is 11.7. The van der Waals surface area contributed by atoms with Gasteiger partial charge in [0, 0.05) is 10.9 Å². The van der Waals surface area contributed by atoms with Crippen LogP contribution in [-0.4, -0.2) is 34.2 Å². The third kappa shape index (κ3) is 6.16.